The van der Waals surface area contributed by atoms with Crippen molar-refractivity contribution in [3.63, 3.8) is 0 Å². The lowest BCUT2D eigenvalue weighted by atomic mass is 9.93. The Bertz CT molecular complexity index is 498. The molecule has 0 aliphatic heterocycles. The number of nitrogens with one attached hydrogen (secondary N) is 1. The smallest absolute Gasteiger partial charge is 0.188 e. The average Bonchev–Trinajstić information content (AvgIpc) is 2.83. The summed E-state index contributed by atoms with van der Waals surface area (Å²) in [5, 5.41) is 24.6. The fourth-order valence-corrected chi connectivity index (χ4v) is 1.72. The summed E-state index contributed by atoms with van der Waals surface area (Å²) >= 11 is 0. The van der Waals surface area contributed by atoms with E-state index in [4.69, 9.17) is 0 Å². The quantitative estimate of drug-likeness (QED) is 0.790. The third-order valence-electron chi connectivity index (χ3n) is 2.91. The molecule has 0 saturated carbocycles. The van der Waals surface area contributed by atoms with Gasteiger partial charge in [-0.3, -0.25) is 5.32 Å². The molecule has 96 valence electrons. The van der Waals surface area contributed by atoms with E-state index in [0.717, 1.165) is 5.56 Å². The van der Waals surface area contributed by atoms with Crippen LogP contribution >= 0.6 is 0 Å². The second-order valence-corrected chi connectivity index (χ2v) is 4.40. The molecule has 2 aromatic rings. The van der Waals surface area contributed by atoms with Crippen LogP contribution in [0.2, 0.25) is 0 Å². The lowest BCUT2D eigenvalue weighted by Gasteiger charge is -2.28. The molecular formula is C12H17N5O. The average molecular weight is 247 g/mol. The number of rotatable bonds is 5. The maximum Gasteiger partial charge on any atom is 0.188 e. The minimum absolute atomic E-state index is 0.00270. The Morgan fingerprint density at radius 3 is 2.61 bits per heavy atom. The van der Waals surface area contributed by atoms with Crippen LogP contribution in [-0.2, 0) is 19.1 Å². The van der Waals surface area contributed by atoms with E-state index in [1.807, 2.05) is 37.3 Å². The molecule has 0 spiro atoms. The van der Waals surface area contributed by atoms with Crippen molar-refractivity contribution in [1.29, 1.82) is 0 Å². The lowest BCUT2D eigenvalue weighted by molar-refractivity contribution is 0.172. The zero-order valence-corrected chi connectivity index (χ0v) is 10.5. The van der Waals surface area contributed by atoms with Gasteiger partial charge in [0.1, 0.15) is 0 Å². The van der Waals surface area contributed by atoms with Gasteiger partial charge in [-0.05, 0) is 17.7 Å². The Morgan fingerprint density at radius 2 is 2.06 bits per heavy atom. The van der Waals surface area contributed by atoms with E-state index in [2.05, 4.69) is 20.7 Å². The molecule has 0 bridgehead atoms. The molecule has 2 rings (SSSR count). The molecule has 0 aliphatic carbocycles. The summed E-state index contributed by atoms with van der Waals surface area (Å²) < 4.78 is 0. The van der Waals surface area contributed by atoms with Crippen LogP contribution < -0.4 is 5.32 Å². The molecule has 6 heteroatoms. The van der Waals surface area contributed by atoms with E-state index in [-0.39, 0.29) is 6.61 Å². The molecular weight excluding hydrogens is 230 g/mol. The molecule has 1 aromatic heterocycles. The molecule has 18 heavy (non-hydrogen) atoms. The second-order valence-electron chi connectivity index (χ2n) is 4.40. The van der Waals surface area contributed by atoms with Crippen LogP contribution in [0.4, 0.5) is 0 Å². The van der Waals surface area contributed by atoms with Crippen LogP contribution in [-0.4, -0.2) is 31.9 Å². The molecule has 0 fully saturated rings. The van der Waals surface area contributed by atoms with Crippen molar-refractivity contribution in [3.05, 3.63) is 41.7 Å². The van der Waals surface area contributed by atoms with Crippen LogP contribution in [0.1, 0.15) is 18.3 Å². The first-order valence-electron chi connectivity index (χ1n) is 5.78. The predicted molar refractivity (Wildman–Crippen MR) is 66.5 cm³/mol. The third-order valence-corrected chi connectivity index (χ3v) is 2.91. The summed E-state index contributed by atoms with van der Waals surface area (Å²) in [4.78, 5) is 1.41. The van der Waals surface area contributed by atoms with Crippen molar-refractivity contribution < 1.29 is 5.11 Å². The van der Waals surface area contributed by atoms with Crippen LogP contribution in [0.15, 0.2) is 30.3 Å². The van der Waals surface area contributed by atoms with Gasteiger partial charge in [-0.2, -0.15) is 4.80 Å². The number of aliphatic hydroxyl groups excluding tert-OH is 1. The predicted octanol–water partition coefficient (Wildman–Crippen LogP) is 0.207. The van der Waals surface area contributed by atoms with Crippen LogP contribution in [0.5, 0.6) is 0 Å². The number of aliphatic hydroxyl groups is 1. The topological polar surface area (TPSA) is 75.9 Å². The highest BCUT2D eigenvalue weighted by Crippen LogP contribution is 2.19. The van der Waals surface area contributed by atoms with Gasteiger partial charge in [-0.1, -0.05) is 30.3 Å². The van der Waals surface area contributed by atoms with Gasteiger partial charge in [0.2, 0.25) is 0 Å². The van der Waals surface area contributed by atoms with E-state index < -0.39 is 5.54 Å². The Morgan fingerprint density at radius 1 is 1.33 bits per heavy atom. The van der Waals surface area contributed by atoms with Gasteiger partial charge < -0.3 is 5.11 Å². The zero-order chi connectivity index (χ0) is 13.0. The monoisotopic (exact) mass is 247 g/mol. The third kappa shape index (κ3) is 2.72. The summed E-state index contributed by atoms with van der Waals surface area (Å²) in [5.41, 5.74) is 0.511. The van der Waals surface area contributed by atoms with Crippen LogP contribution in [0.3, 0.4) is 0 Å². The fourth-order valence-electron chi connectivity index (χ4n) is 1.72. The number of benzene rings is 1. The van der Waals surface area contributed by atoms with Crippen molar-refractivity contribution >= 4 is 0 Å². The molecule has 0 saturated heterocycles. The van der Waals surface area contributed by atoms with Crippen molar-refractivity contribution in [2.75, 3.05) is 6.61 Å². The van der Waals surface area contributed by atoms with Crippen LogP contribution in [0, 0.1) is 0 Å². The second kappa shape index (κ2) is 5.24. The number of hydrogen-bond acceptors (Lipinski definition) is 5. The first-order valence-corrected chi connectivity index (χ1v) is 5.78. The Kier molecular flexibility index (Phi) is 3.69. The van der Waals surface area contributed by atoms with Gasteiger partial charge in [0.05, 0.1) is 25.7 Å². The Labute approximate surface area is 106 Å². The van der Waals surface area contributed by atoms with Gasteiger partial charge in [-0.25, -0.2) is 0 Å². The van der Waals surface area contributed by atoms with Crippen molar-refractivity contribution in [2.24, 2.45) is 7.05 Å². The van der Waals surface area contributed by atoms with Gasteiger partial charge >= 0.3 is 0 Å². The summed E-state index contributed by atoms with van der Waals surface area (Å²) in [6.07, 6.45) is 0. The maximum absolute atomic E-state index is 9.60. The number of nitrogens with zero attached hydrogens (tertiary/aromatic N) is 4. The SMILES string of the molecule is Cn1nnc(CNC(C)(CO)c2ccccc2)n1. The van der Waals surface area contributed by atoms with Gasteiger partial charge in [0, 0.05) is 0 Å². The van der Waals surface area contributed by atoms with E-state index in [9.17, 15) is 5.11 Å². The first-order chi connectivity index (χ1) is 8.64. The van der Waals surface area contributed by atoms with E-state index in [0.29, 0.717) is 12.4 Å². The molecule has 6 nitrogen and oxygen atoms in total. The Hall–Kier alpha value is -1.79. The highest BCUT2D eigenvalue weighted by atomic mass is 16.3. The summed E-state index contributed by atoms with van der Waals surface area (Å²) in [5.74, 6) is 0.605. The number of aromatic nitrogens is 4. The van der Waals surface area contributed by atoms with Crippen LogP contribution in [0.25, 0.3) is 0 Å². The molecule has 1 aromatic carbocycles. The minimum atomic E-state index is -0.513. The van der Waals surface area contributed by atoms with E-state index in [1.165, 1.54) is 4.80 Å². The van der Waals surface area contributed by atoms with E-state index in [1.54, 1.807) is 7.05 Å². The van der Waals surface area contributed by atoms with Crippen molar-refractivity contribution in [3.8, 4) is 0 Å². The minimum Gasteiger partial charge on any atom is -0.394 e. The fraction of sp³-hybridized carbons (Fsp3) is 0.417. The normalized spacial score (nSPS) is 14.4. The number of hydrogen-bond donors (Lipinski definition) is 2. The van der Waals surface area contributed by atoms with Gasteiger partial charge in [-0.15, -0.1) is 10.2 Å². The molecule has 0 aliphatic rings. The largest absolute Gasteiger partial charge is 0.394 e. The summed E-state index contributed by atoms with van der Waals surface area (Å²) in [6.45, 7) is 2.40. The lowest BCUT2D eigenvalue weighted by Crippen LogP contribution is -2.42. The highest BCUT2D eigenvalue weighted by molar-refractivity contribution is 5.23. The maximum atomic E-state index is 9.60. The highest BCUT2D eigenvalue weighted by Gasteiger charge is 2.25. The molecule has 1 unspecified atom stereocenters. The van der Waals surface area contributed by atoms with Crippen molar-refractivity contribution in [1.82, 2.24) is 25.5 Å². The zero-order valence-electron chi connectivity index (χ0n) is 10.5. The summed E-state index contributed by atoms with van der Waals surface area (Å²) in [6, 6.07) is 9.81. The molecule has 1 atom stereocenters. The molecule has 0 amide bonds. The van der Waals surface area contributed by atoms with Crippen molar-refractivity contribution in [2.45, 2.75) is 19.0 Å². The van der Waals surface area contributed by atoms with Gasteiger partial charge in [0.25, 0.3) is 0 Å². The molecule has 1 heterocycles. The molecule has 2 N–H and O–H groups in total. The Balaban J connectivity index is 2.09. The summed E-state index contributed by atoms with van der Waals surface area (Å²) in [7, 11) is 1.72. The van der Waals surface area contributed by atoms with E-state index >= 15 is 0 Å². The molecule has 0 radical (unpaired) electrons. The standard InChI is InChI=1S/C12H17N5O/c1-12(9-18,10-6-4-3-5-7-10)13-8-11-14-16-17(2)15-11/h3-7,13,18H,8-9H2,1-2H3. The number of aryl methyl sites for hydroxylation is 1. The van der Waals surface area contributed by atoms with Gasteiger partial charge in [0.15, 0.2) is 5.82 Å². The number of tetrazole rings is 1. The first kappa shape index (κ1) is 12.7.